The van der Waals surface area contributed by atoms with Gasteiger partial charge in [-0.15, -0.1) is 12.4 Å². The Hall–Kier alpha value is -0.590. The van der Waals surface area contributed by atoms with Gasteiger partial charge < -0.3 is 11.1 Å². The molecule has 0 radical (unpaired) electrons. The molecule has 0 spiro atoms. The van der Waals surface area contributed by atoms with Gasteiger partial charge in [0.05, 0.1) is 10.7 Å². The van der Waals surface area contributed by atoms with Crippen LogP contribution in [-0.4, -0.2) is 28.3 Å². The highest BCUT2D eigenvalue weighted by Crippen LogP contribution is 2.05. The molecule has 0 aliphatic rings. The van der Waals surface area contributed by atoms with Gasteiger partial charge in [-0.3, -0.25) is 9.48 Å². The SMILES string of the molecule is C[C@H](CN)NC(=O)Cn1cc(Br)cn1.Cl. The number of nitrogens with two attached hydrogens (primary N) is 1. The number of rotatable bonds is 4. The second kappa shape index (κ2) is 6.81. The van der Waals surface area contributed by atoms with Gasteiger partial charge in [-0.25, -0.2) is 0 Å². The van der Waals surface area contributed by atoms with Gasteiger partial charge in [0.1, 0.15) is 6.54 Å². The molecule has 5 nitrogen and oxygen atoms in total. The van der Waals surface area contributed by atoms with Gasteiger partial charge in [0.25, 0.3) is 0 Å². The van der Waals surface area contributed by atoms with E-state index in [-0.39, 0.29) is 30.9 Å². The maximum Gasteiger partial charge on any atom is 0.241 e. The maximum absolute atomic E-state index is 11.3. The summed E-state index contributed by atoms with van der Waals surface area (Å²) >= 11 is 3.25. The third kappa shape index (κ3) is 5.15. The second-order valence-electron chi connectivity index (χ2n) is 3.06. The van der Waals surface area contributed by atoms with E-state index in [1.165, 1.54) is 0 Å². The largest absolute Gasteiger partial charge is 0.351 e. The van der Waals surface area contributed by atoms with Crippen molar-refractivity contribution in [2.24, 2.45) is 5.73 Å². The highest BCUT2D eigenvalue weighted by Gasteiger charge is 2.06. The van der Waals surface area contributed by atoms with Crippen LogP contribution in [0.1, 0.15) is 6.92 Å². The molecule has 0 aliphatic heterocycles. The predicted octanol–water partition coefficient (Wildman–Crippen LogP) is 0.531. The van der Waals surface area contributed by atoms with E-state index >= 15 is 0 Å². The molecular weight excluding hydrogens is 283 g/mol. The number of nitrogens with one attached hydrogen (secondary N) is 1. The molecule has 0 aromatic carbocycles. The Morgan fingerprint density at radius 3 is 2.93 bits per heavy atom. The van der Waals surface area contributed by atoms with E-state index in [9.17, 15) is 4.79 Å². The summed E-state index contributed by atoms with van der Waals surface area (Å²) in [7, 11) is 0. The van der Waals surface area contributed by atoms with Crippen molar-refractivity contribution in [3.8, 4) is 0 Å². The van der Waals surface area contributed by atoms with Crippen LogP contribution in [0, 0.1) is 0 Å². The van der Waals surface area contributed by atoms with Crippen molar-refractivity contribution in [1.29, 1.82) is 0 Å². The maximum atomic E-state index is 11.3. The normalized spacial score (nSPS) is 11.7. The van der Waals surface area contributed by atoms with Crippen molar-refractivity contribution < 1.29 is 4.79 Å². The number of hydrogen-bond donors (Lipinski definition) is 2. The van der Waals surface area contributed by atoms with Gasteiger partial charge in [0, 0.05) is 18.8 Å². The van der Waals surface area contributed by atoms with Crippen LogP contribution < -0.4 is 11.1 Å². The number of carbonyl (C=O) groups is 1. The predicted molar refractivity (Wildman–Crippen MR) is 63.8 cm³/mol. The smallest absolute Gasteiger partial charge is 0.241 e. The number of halogens is 2. The lowest BCUT2D eigenvalue weighted by Crippen LogP contribution is -2.39. The monoisotopic (exact) mass is 296 g/mol. The number of amides is 1. The first-order valence-corrected chi connectivity index (χ1v) is 5.08. The van der Waals surface area contributed by atoms with Crippen molar-refractivity contribution in [3.05, 3.63) is 16.9 Å². The molecule has 1 heterocycles. The van der Waals surface area contributed by atoms with Crippen molar-refractivity contribution in [1.82, 2.24) is 15.1 Å². The Morgan fingerprint density at radius 2 is 2.47 bits per heavy atom. The molecule has 0 fully saturated rings. The highest BCUT2D eigenvalue weighted by atomic mass is 79.9. The lowest BCUT2D eigenvalue weighted by molar-refractivity contribution is -0.122. The van der Waals surface area contributed by atoms with E-state index < -0.39 is 0 Å². The van der Waals surface area contributed by atoms with E-state index in [1.54, 1.807) is 17.1 Å². The summed E-state index contributed by atoms with van der Waals surface area (Å²) in [6, 6.07) is 0.00139. The minimum atomic E-state index is -0.0847. The van der Waals surface area contributed by atoms with Crippen LogP contribution in [0.5, 0.6) is 0 Å². The zero-order chi connectivity index (χ0) is 10.6. The molecule has 1 aromatic heterocycles. The summed E-state index contributed by atoms with van der Waals surface area (Å²) < 4.78 is 2.42. The molecule has 1 atom stereocenters. The number of carbonyl (C=O) groups excluding carboxylic acids is 1. The average molecular weight is 298 g/mol. The fraction of sp³-hybridized carbons (Fsp3) is 0.500. The zero-order valence-corrected chi connectivity index (χ0v) is 10.7. The first-order chi connectivity index (χ1) is 6.61. The summed E-state index contributed by atoms with van der Waals surface area (Å²) in [6.45, 7) is 2.52. The van der Waals surface area contributed by atoms with Crippen LogP contribution in [0.2, 0.25) is 0 Å². The molecule has 15 heavy (non-hydrogen) atoms. The van der Waals surface area contributed by atoms with Crippen LogP contribution in [0.3, 0.4) is 0 Å². The summed E-state index contributed by atoms with van der Waals surface area (Å²) in [5.74, 6) is -0.0847. The second-order valence-corrected chi connectivity index (χ2v) is 3.98. The summed E-state index contributed by atoms with van der Waals surface area (Å²) in [4.78, 5) is 11.3. The van der Waals surface area contributed by atoms with Crippen LogP contribution in [0.15, 0.2) is 16.9 Å². The fourth-order valence-electron chi connectivity index (χ4n) is 0.951. The molecule has 1 amide bonds. The van der Waals surface area contributed by atoms with E-state index in [0.717, 1.165) is 4.47 Å². The topological polar surface area (TPSA) is 72.9 Å². The third-order valence-corrected chi connectivity index (χ3v) is 2.08. The van der Waals surface area contributed by atoms with Crippen molar-refractivity contribution in [3.63, 3.8) is 0 Å². The molecular formula is C8H14BrClN4O. The molecule has 0 unspecified atom stereocenters. The van der Waals surface area contributed by atoms with E-state index in [4.69, 9.17) is 5.73 Å². The Balaban J connectivity index is 0.00000196. The number of nitrogens with zero attached hydrogens (tertiary/aromatic N) is 2. The summed E-state index contributed by atoms with van der Waals surface area (Å²) in [5.41, 5.74) is 5.37. The minimum absolute atomic E-state index is 0. The van der Waals surface area contributed by atoms with Gasteiger partial charge in [-0.2, -0.15) is 5.10 Å². The molecule has 0 aliphatic carbocycles. The standard InChI is InChI=1S/C8H13BrN4O.ClH/c1-6(2-10)12-8(14)5-13-4-7(9)3-11-13;/h3-4,6H,2,5,10H2,1H3,(H,12,14);1H/t6-;/m1./s1. The van der Waals surface area contributed by atoms with E-state index in [1.807, 2.05) is 6.92 Å². The molecule has 1 aromatic rings. The number of aromatic nitrogens is 2. The van der Waals surface area contributed by atoms with Crippen LogP contribution in [-0.2, 0) is 11.3 Å². The van der Waals surface area contributed by atoms with E-state index in [2.05, 4.69) is 26.3 Å². The Labute approximate surface area is 103 Å². The quantitative estimate of drug-likeness (QED) is 0.851. The fourth-order valence-corrected chi connectivity index (χ4v) is 1.28. The molecule has 7 heteroatoms. The Kier molecular flexibility index (Phi) is 6.55. The molecule has 86 valence electrons. The van der Waals surface area contributed by atoms with Crippen molar-refractivity contribution in [2.45, 2.75) is 19.5 Å². The van der Waals surface area contributed by atoms with Gasteiger partial charge in [0.15, 0.2) is 0 Å². The van der Waals surface area contributed by atoms with Crippen LogP contribution in [0.25, 0.3) is 0 Å². The number of hydrogen-bond acceptors (Lipinski definition) is 3. The zero-order valence-electron chi connectivity index (χ0n) is 8.31. The summed E-state index contributed by atoms with van der Waals surface area (Å²) in [5, 5.41) is 6.71. The molecule has 0 bridgehead atoms. The first-order valence-electron chi connectivity index (χ1n) is 4.29. The third-order valence-electron chi connectivity index (χ3n) is 1.67. The molecule has 3 N–H and O–H groups in total. The minimum Gasteiger partial charge on any atom is -0.351 e. The lowest BCUT2D eigenvalue weighted by Gasteiger charge is -2.10. The average Bonchev–Trinajstić information content (AvgIpc) is 2.50. The van der Waals surface area contributed by atoms with Gasteiger partial charge in [-0.05, 0) is 22.9 Å². The summed E-state index contributed by atoms with van der Waals surface area (Å²) in [6.07, 6.45) is 3.38. The highest BCUT2D eigenvalue weighted by molar-refractivity contribution is 9.10. The molecule has 1 rings (SSSR count). The molecule has 0 saturated heterocycles. The Morgan fingerprint density at radius 1 is 1.80 bits per heavy atom. The van der Waals surface area contributed by atoms with Crippen LogP contribution >= 0.6 is 28.3 Å². The van der Waals surface area contributed by atoms with Gasteiger partial charge in [-0.1, -0.05) is 0 Å². The van der Waals surface area contributed by atoms with Crippen LogP contribution in [0.4, 0.5) is 0 Å². The van der Waals surface area contributed by atoms with E-state index in [0.29, 0.717) is 6.54 Å². The van der Waals surface area contributed by atoms with Crippen molar-refractivity contribution >= 4 is 34.2 Å². The van der Waals surface area contributed by atoms with Gasteiger partial charge >= 0.3 is 0 Å². The van der Waals surface area contributed by atoms with Crippen molar-refractivity contribution in [2.75, 3.05) is 6.54 Å². The first kappa shape index (κ1) is 14.4. The molecule has 0 saturated carbocycles. The lowest BCUT2D eigenvalue weighted by atomic mass is 10.3. The Bertz CT molecular complexity index is 317. The van der Waals surface area contributed by atoms with Gasteiger partial charge in [0.2, 0.25) is 5.91 Å².